The Balaban J connectivity index is 1.38. The Labute approximate surface area is 168 Å². The number of piperazine rings is 1. The number of anilines is 1. The lowest BCUT2D eigenvalue weighted by molar-refractivity contribution is -0.130. The fourth-order valence-electron chi connectivity index (χ4n) is 3.71. The third kappa shape index (κ3) is 3.91. The SMILES string of the molecule is COc1ccc(CC(=O)N2CCN(c3ccc4[nH]c(=O)[nH]c4c3)CC2)cc1OC. The molecule has 1 saturated heterocycles. The predicted molar refractivity (Wildman–Crippen MR) is 111 cm³/mol. The number of amides is 1. The van der Waals surface area contributed by atoms with E-state index in [1.807, 2.05) is 41.3 Å². The van der Waals surface area contributed by atoms with E-state index in [2.05, 4.69) is 14.9 Å². The van der Waals surface area contributed by atoms with Crippen LogP contribution in [0.2, 0.25) is 0 Å². The number of imidazole rings is 1. The number of nitrogens with zero attached hydrogens (tertiary/aromatic N) is 2. The van der Waals surface area contributed by atoms with E-state index in [0.29, 0.717) is 31.0 Å². The van der Waals surface area contributed by atoms with E-state index in [4.69, 9.17) is 9.47 Å². The fourth-order valence-corrected chi connectivity index (χ4v) is 3.71. The highest BCUT2D eigenvalue weighted by Gasteiger charge is 2.22. The van der Waals surface area contributed by atoms with E-state index in [0.717, 1.165) is 35.4 Å². The maximum Gasteiger partial charge on any atom is 0.323 e. The second-order valence-corrected chi connectivity index (χ2v) is 7.04. The minimum Gasteiger partial charge on any atom is -0.493 e. The number of methoxy groups -OCH3 is 2. The van der Waals surface area contributed by atoms with E-state index in [-0.39, 0.29) is 11.6 Å². The average molecular weight is 396 g/mol. The summed E-state index contributed by atoms with van der Waals surface area (Å²) in [4.78, 5) is 33.8. The van der Waals surface area contributed by atoms with Gasteiger partial charge in [0.25, 0.3) is 0 Å². The first-order chi connectivity index (χ1) is 14.1. The molecule has 1 amide bonds. The summed E-state index contributed by atoms with van der Waals surface area (Å²) in [7, 11) is 3.18. The van der Waals surface area contributed by atoms with Crippen molar-refractivity contribution in [3.05, 3.63) is 52.4 Å². The molecular weight excluding hydrogens is 372 g/mol. The van der Waals surface area contributed by atoms with Crippen LogP contribution in [0.15, 0.2) is 41.2 Å². The van der Waals surface area contributed by atoms with Crippen LogP contribution in [-0.2, 0) is 11.2 Å². The molecule has 0 saturated carbocycles. The Morgan fingerprint density at radius 3 is 2.38 bits per heavy atom. The van der Waals surface area contributed by atoms with E-state index in [9.17, 15) is 9.59 Å². The average Bonchev–Trinajstić information content (AvgIpc) is 3.12. The lowest BCUT2D eigenvalue weighted by Gasteiger charge is -2.36. The molecule has 0 aliphatic carbocycles. The number of H-pyrrole nitrogens is 2. The minimum atomic E-state index is -0.206. The number of aromatic nitrogens is 2. The van der Waals surface area contributed by atoms with E-state index in [1.165, 1.54) is 0 Å². The molecule has 8 heteroatoms. The van der Waals surface area contributed by atoms with Gasteiger partial charge in [-0.3, -0.25) is 4.79 Å². The largest absolute Gasteiger partial charge is 0.493 e. The Bertz CT molecular complexity index is 1080. The molecule has 2 aromatic carbocycles. The number of rotatable bonds is 5. The zero-order chi connectivity index (χ0) is 20.4. The number of aromatic amines is 2. The van der Waals surface area contributed by atoms with Crippen molar-refractivity contribution >= 4 is 22.6 Å². The highest BCUT2D eigenvalue weighted by Crippen LogP contribution is 2.28. The number of carbonyl (C=O) groups is 1. The lowest BCUT2D eigenvalue weighted by Crippen LogP contribution is -2.49. The van der Waals surface area contributed by atoms with Crippen molar-refractivity contribution in [2.45, 2.75) is 6.42 Å². The first kappa shape index (κ1) is 18.9. The Morgan fingerprint density at radius 1 is 0.931 bits per heavy atom. The van der Waals surface area contributed by atoms with Gasteiger partial charge in [0.1, 0.15) is 0 Å². The lowest BCUT2D eigenvalue weighted by atomic mass is 10.1. The highest BCUT2D eigenvalue weighted by molar-refractivity contribution is 5.80. The molecule has 4 rings (SSSR count). The molecule has 0 bridgehead atoms. The quantitative estimate of drug-likeness (QED) is 0.686. The van der Waals surface area contributed by atoms with Gasteiger partial charge in [0, 0.05) is 31.9 Å². The topological polar surface area (TPSA) is 90.7 Å². The van der Waals surface area contributed by atoms with Crippen molar-refractivity contribution < 1.29 is 14.3 Å². The van der Waals surface area contributed by atoms with Gasteiger partial charge in [0.2, 0.25) is 5.91 Å². The van der Waals surface area contributed by atoms with E-state index < -0.39 is 0 Å². The van der Waals surface area contributed by atoms with Crippen molar-refractivity contribution in [3.8, 4) is 11.5 Å². The van der Waals surface area contributed by atoms with Crippen LogP contribution >= 0.6 is 0 Å². The maximum absolute atomic E-state index is 12.7. The molecule has 1 aromatic heterocycles. The molecule has 1 fully saturated rings. The summed E-state index contributed by atoms with van der Waals surface area (Å²) in [6, 6.07) is 11.4. The number of hydrogen-bond donors (Lipinski definition) is 2. The molecule has 2 heterocycles. The van der Waals surface area contributed by atoms with Crippen LogP contribution in [0.3, 0.4) is 0 Å². The molecule has 0 atom stereocenters. The summed E-state index contributed by atoms with van der Waals surface area (Å²) in [6.45, 7) is 2.82. The molecule has 8 nitrogen and oxygen atoms in total. The smallest absolute Gasteiger partial charge is 0.323 e. The van der Waals surface area contributed by atoms with Gasteiger partial charge in [-0.25, -0.2) is 4.79 Å². The Morgan fingerprint density at radius 2 is 1.66 bits per heavy atom. The first-order valence-corrected chi connectivity index (χ1v) is 9.53. The molecule has 0 unspecified atom stereocenters. The monoisotopic (exact) mass is 396 g/mol. The summed E-state index contributed by atoms with van der Waals surface area (Å²) < 4.78 is 10.6. The van der Waals surface area contributed by atoms with Gasteiger partial charge >= 0.3 is 5.69 Å². The fraction of sp³-hybridized carbons (Fsp3) is 0.333. The van der Waals surface area contributed by atoms with Crippen LogP contribution in [0.5, 0.6) is 11.5 Å². The minimum absolute atomic E-state index is 0.0993. The molecule has 3 aromatic rings. The third-order valence-electron chi connectivity index (χ3n) is 5.30. The molecular formula is C21H24N4O4. The van der Waals surface area contributed by atoms with Crippen LogP contribution in [0, 0.1) is 0 Å². The van der Waals surface area contributed by atoms with Crippen LogP contribution < -0.4 is 20.1 Å². The van der Waals surface area contributed by atoms with E-state index >= 15 is 0 Å². The zero-order valence-corrected chi connectivity index (χ0v) is 16.5. The highest BCUT2D eigenvalue weighted by atomic mass is 16.5. The number of fused-ring (bicyclic) bond motifs is 1. The molecule has 0 spiro atoms. The predicted octanol–water partition coefficient (Wildman–Crippen LogP) is 1.76. The summed E-state index contributed by atoms with van der Waals surface area (Å²) in [6.07, 6.45) is 0.330. The second kappa shape index (κ2) is 7.90. The van der Waals surface area contributed by atoms with Crippen LogP contribution in [0.4, 0.5) is 5.69 Å². The van der Waals surface area contributed by atoms with Crippen molar-refractivity contribution in [2.75, 3.05) is 45.3 Å². The molecule has 1 aliphatic rings. The summed E-state index contributed by atoms with van der Waals surface area (Å²) in [5.41, 5.74) is 3.32. The van der Waals surface area contributed by atoms with Crippen molar-refractivity contribution in [1.82, 2.24) is 14.9 Å². The van der Waals surface area contributed by atoms with Gasteiger partial charge in [0.05, 0.1) is 31.7 Å². The molecule has 29 heavy (non-hydrogen) atoms. The van der Waals surface area contributed by atoms with Crippen molar-refractivity contribution in [3.63, 3.8) is 0 Å². The number of hydrogen-bond acceptors (Lipinski definition) is 5. The Hall–Kier alpha value is -3.42. The number of nitrogens with one attached hydrogen (secondary N) is 2. The third-order valence-corrected chi connectivity index (χ3v) is 5.30. The number of carbonyl (C=O) groups excluding carboxylic acids is 1. The first-order valence-electron chi connectivity index (χ1n) is 9.53. The van der Waals surface area contributed by atoms with Crippen LogP contribution in [-0.4, -0.2) is 61.2 Å². The molecule has 1 aliphatic heterocycles. The molecule has 2 N–H and O–H groups in total. The van der Waals surface area contributed by atoms with Crippen molar-refractivity contribution in [2.24, 2.45) is 0 Å². The summed E-state index contributed by atoms with van der Waals surface area (Å²) in [5.74, 6) is 1.38. The summed E-state index contributed by atoms with van der Waals surface area (Å²) in [5, 5.41) is 0. The standard InChI is InChI=1S/C21H24N4O4/c1-28-18-6-3-14(11-19(18)29-2)12-20(26)25-9-7-24(8-10-25)15-4-5-16-17(13-15)23-21(27)22-16/h3-6,11,13H,7-10,12H2,1-2H3,(H2,22,23,27). The van der Waals surface area contributed by atoms with Crippen LogP contribution in [0.1, 0.15) is 5.56 Å². The van der Waals surface area contributed by atoms with Crippen LogP contribution in [0.25, 0.3) is 11.0 Å². The number of benzene rings is 2. The molecule has 152 valence electrons. The molecule has 0 radical (unpaired) electrons. The second-order valence-electron chi connectivity index (χ2n) is 7.04. The van der Waals surface area contributed by atoms with Crippen molar-refractivity contribution in [1.29, 1.82) is 0 Å². The van der Waals surface area contributed by atoms with E-state index in [1.54, 1.807) is 14.2 Å². The van der Waals surface area contributed by atoms with Gasteiger partial charge in [-0.1, -0.05) is 6.07 Å². The number of ether oxygens (including phenoxy) is 2. The van der Waals surface area contributed by atoms with Gasteiger partial charge in [0.15, 0.2) is 11.5 Å². The zero-order valence-electron chi connectivity index (χ0n) is 16.5. The van der Waals surface area contributed by atoms with Gasteiger partial charge in [-0.05, 0) is 35.9 Å². The normalized spacial score (nSPS) is 14.3. The van der Waals surface area contributed by atoms with Gasteiger partial charge in [-0.2, -0.15) is 0 Å². The Kier molecular flexibility index (Phi) is 5.16. The maximum atomic E-state index is 12.7. The van der Waals surface area contributed by atoms with Gasteiger partial charge in [-0.15, -0.1) is 0 Å². The summed E-state index contributed by atoms with van der Waals surface area (Å²) >= 11 is 0. The van der Waals surface area contributed by atoms with Gasteiger partial charge < -0.3 is 29.2 Å².